The van der Waals surface area contributed by atoms with E-state index in [0.29, 0.717) is 0 Å². The van der Waals surface area contributed by atoms with Crippen molar-refractivity contribution < 1.29 is 22.8 Å². The Morgan fingerprint density at radius 3 is 2.53 bits per heavy atom. The Bertz CT molecular complexity index is 501. The van der Waals surface area contributed by atoms with E-state index in [1.165, 1.54) is 12.3 Å². The van der Waals surface area contributed by atoms with Crippen LogP contribution in [0.4, 0.5) is 8.78 Å². The molecule has 1 unspecified atom stereocenters. The molecule has 102 valence electrons. The molecule has 3 rings (SSSR count). The van der Waals surface area contributed by atoms with Gasteiger partial charge >= 0.3 is 5.91 Å². The first-order valence-corrected chi connectivity index (χ1v) is 5.99. The van der Waals surface area contributed by atoms with Crippen LogP contribution < -0.4 is 10.9 Å². The Kier molecular flexibility index (Phi) is 2.58. The quantitative estimate of drug-likeness (QED) is 0.796. The van der Waals surface area contributed by atoms with E-state index in [9.17, 15) is 18.4 Å². The van der Waals surface area contributed by atoms with E-state index >= 15 is 0 Å². The first-order valence-electron chi connectivity index (χ1n) is 5.99. The van der Waals surface area contributed by atoms with Crippen LogP contribution in [0.2, 0.25) is 0 Å². The lowest BCUT2D eigenvalue weighted by molar-refractivity contribution is -0.124. The second kappa shape index (κ2) is 4.04. The summed E-state index contributed by atoms with van der Waals surface area (Å²) >= 11 is 0. The molecular formula is C12H12F2N2O3. The SMILES string of the molecule is O=C(NNC(=O)C1[C@H]2CC(F)(F)C[C@@H]12)c1ccco1. The maximum atomic E-state index is 12.9. The smallest absolute Gasteiger partial charge is 0.305 e. The number of hydrogen-bond acceptors (Lipinski definition) is 3. The Morgan fingerprint density at radius 2 is 1.95 bits per heavy atom. The number of hydrogen-bond donors (Lipinski definition) is 2. The van der Waals surface area contributed by atoms with Gasteiger partial charge in [0.05, 0.1) is 6.26 Å². The molecule has 0 aliphatic heterocycles. The average molecular weight is 270 g/mol. The molecule has 0 aromatic carbocycles. The van der Waals surface area contributed by atoms with E-state index in [4.69, 9.17) is 4.42 Å². The van der Waals surface area contributed by atoms with Gasteiger partial charge in [-0.3, -0.25) is 20.4 Å². The number of carbonyl (C=O) groups excluding carboxylic acids is 2. The molecule has 2 aliphatic carbocycles. The molecule has 7 heteroatoms. The van der Waals surface area contributed by atoms with Crippen molar-refractivity contribution in [3.8, 4) is 0 Å². The van der Waals surface area contributed by atoms with Gasteiger partial charge < -0.3 is 4.42 Å². The number of alkyl halides is 2. The summed E-state index contributed by atoms with van der Waals surface area (Å²) in [6.07, 6.45) is 0.869. The van der Waals surface area contributed by atoms with Crippen LogP contribution in [0.5, 0.6) is 0 Å². The van der Waals surface area contributed by atoms with Crippen LogP contribution in [-0.4, -0.2) is 17.7 Å². The summed E-state index contributed by atoms with van der Waals surface area (Å²) in [6.45, 7) is 0. The lowest BCUT2D eigenvalue weighted by Crippen LogP contribution is -2.43. The predicted octanol–water partition coefficient (Wildman–Crippen LogP) is 1.33. The number of carbonyl (C=O) groups is 2. The highest BCUT2D eigenvalue weighted by Gasteiger charge is 2.65. The fourth-order valence-corrected chi connectivity index (χ4v) is 2.83. The number of fused-ring (bicyclic) bond motifs is 1. The van der Waals surface area contributed by atoms with Gasteiger partial charge in [-0.2, -0.15) is 0 Å². The minimum atomic E-state index is -2.64. The highest BCUT2D eigenvalue weighted by atomic mass is 19.3. The summed E-state index contributed by atoms with van der Waals surface area (Å²) in [5.74, 6) is -4.46. The highest BCUT2D eigenvalue weighted by molar-refractivity contribution is 5.93. The van der Waals surface area contributed by atoms with Crippen LogP contribution in [0.25, 0.3) is 0 Å². The maximum absolute atomic E-state index is 12.9. The standard InChI is InChI=1S/C12H12F2N2O3/c13-12(14)4-6-7(5-12)9(6)11(18)16-15-10(17)8-2-1-3-19-8/h1-3,6-7,9H,4-5H2,(H,15,17)(H,16,18)/t6-,7+,9?. The molecular weight excluding hydrogens is 258 g/mol. The van der Waals surface area contributed by atoms with E-state index in [1.807, 2.05) is 0 Å². The molecule has 2 N–H and O–H groups in total. The van der Waals surface area contributed by atoms with E-state index < -0.39 is 23.7 Å². The fraction of sp³-hybridized carbons (Fsp3) is 0.500. The molecule has 19 heavy (non-hydrogen) atoms. The first-order chi connectivity index (χ1) is 8.98. The van der Waals surface area contributed by atoms with E-state index in [-0.39, 0.29) is 30.4 Å². The Morgan fingerprint density at radius 1 is 1.26 bits per heavy atom. The highest BCUT2D eigenvalue weighted by Crippen LogP contribution is 2.62. The average Bonchev–Trinajstić information content (AvgIpc) is 2.77. The van der Waals surface area contributed by atoms with Gasteiger partial charge in [0.1, 0.15) is 0 Å². The number of hydrazine groups is 1. The third kappa shape index (κ3) is 2.20. The summed E-state index contributed by atoms with van der Waals surface area (Å²) in [5, 5.41) is 0. The van der Waals surface area contributed by atoms with Crippen molar-refractivity contribution in [1.29, 1.82) is 0 Å². The minimum Gasteiger partial charge on any atom is -0.459 e. The largest absolute Gasteiger partial charge is 0.459 e. The van der Waals surface area contributed by atoms with Gasteiger partial charge in [-0.25, -0.2) is 8.78 Å². The third-order valence-corrected chi connectivity index (χ3v) is 3.75. The van der Waals surface area contributed by atoms with Crippen molar-refractivity contribution in [2.24, 2.45) is 17.8 Å². The molecule has 2 fully saturated rings. The molecule has 1 heterocycles. The van der Waals surface area contributed by atoms with Gasteiger partial charge in [-0.05, 0) is 24.0 Å². The number of halogens is 2. The van der Waals surface area contributed by atoms with Gasteiger partial charge in [-0.15, -0.1) is 0 Å². The summed E-state index contributed by atoms with van der Waals surface area (Å²) < 4.78 is 30.7. The lowest BCUT2D eigenvalue weighted by Gasteiger charge is -2.13. The summed E-state index contributed by atoms with van der Waals surface area (Å²) in [7, 11) is 0. The third-order valence-electron chi connectivity index (χ3n) is 3.75. The summed E-state index contributed by atoms with van der Waals surface area (Å²) in [5.41, 5.74) is 4.44. The minimum absolute atomic E-state index is 0.0721. The van der Waals surface area contributed by atoms with Crippen molar-refractivity contribution in [3.05, 3.63) is 24.2 Å². The number of amides is 2. The Balaban J connectivity index is 1.48. The molecule has 3 atom stereocenters. The fourth-order valence-electron chi connectivity index (χ4n) is 2.83. The van der Waals surface area contributed by atoms with E-state index in [0.717, 1.165) is 0 Å². The van der Waals surface area contributed by atoms with Crippen molar-refractivity contribution in [2.45, 2.75) is 18.8 Å². The number of furan rings is 1. The zero-order valence-electron chi connectivity index (χ0n) is 9.86. The van der Waals surface area contributed by atoms with Crippen molar-refractivity contribution in [2.75, 3.05) is 0 Å². The van der Waals surface area contributed by atoms with E-state index in [1.54, 1.807) is 6.07 Å². The Hall–Kier alpha value is -1.92. The molecule has 5 nitrogen and oxygen atoms in total. The molecule has 1 aromatic heterocycles. The van der Waals surface area contributed by atoms with Gasteiger partial charge in [-0.1, -0.05) is 0 Å². The van der Waals surface area contributed by atoms with Gasteiger partial charge in [0.2, 0.25) is 11.8 Å². The molecule has 0 saturated heterocycles. The number of nitrogens with one attached hydrogen (secondary N) is 2. The van der Waals surface area contributed by atoms with Gasteiger partial charge in [0, 0.05) is 18.8 Å². The van der Waals surface area contributed by atoms with Crippen LogP contribution in [0.1, 0.15) is 23.4 Å². The molecule has 2 amide bonds. The predicted molar refractivity (Wildman–Crippen MR) is 59.0 cm³/mol. The normalized spacial score (nSPS) is 30.5. The van der Waals surface area contributed by atoms with Gasteiger partial charge in [0.25, 0.3) is 0 Å². The monoisotopic (exact) mass is 270 g/mol. The molecule has 1 aromatic rings. The lowest BCUT2D eigenvalue weighted by atomic mass is 10.1. The van der Waals surface area contributed by atoms with Crippen LogP contribution in [0.15, 0.2) is 22.8 Å². The van der Waals surface area contributed by atoms with Crippen LogP contribution in [0.3, 0.4) is 0 Å². The molecule has 0 spiro atoms. The van der Waals surface area contributed by atoms with Gasteiger partial charge in [0.15, 0.2) is 5.76 Å². The molecule has 0 bridgehead atoms. The molecule has 2 aliphatic rings. The van der Waals surface area contributed by atoms with E-state index in [2.05, 4.69) is 10.9 Å². The zero-order chi connectivity index (χ0) is 13.6. The van der Waals surface area contributed by atoms with Crippen LogP contribution >= 0.6 is 0 Å². The summed E-state index contributed by atoms with van der Waals surface area (Å²) in [4.78, 5) is 23.2. The maximum Gasteiger partial charge on any atom is 0.305 e. The first kappa shape index (κ1) is 12.1. The van der Waals surface area contributed by atoms with Crippen LogP contribution in [0, 0.1) is 17.8 Å². The second-order valence-electron chi connectivity index (χ2n) is 5.04. The van der Waals surface area contributed by atoms with Crippen molar-refractivity contribution in [3.63, 3.8) is 0 Å². The van der Waals surface area contributed by atoms with Crippen molar-refractivity contribution in [1.82, 2.24) is 10.9 Å². The molecule has 0 radical (unpaired) electrons. The second-order valence-corrected chi connectivity index (χ2v) is 5.04. The molecule has 2 saturated carbocycles. The zero-order valence-corrected chi connectivity index (χ0v) is 9.86. The van der Waals surface area contributed by atoms with Crippen molar-refractivity contribution >= 4 is 11.8 Å². The topological polar surface area (TPSA) is 71.3 Å². The summed E-state index contributed by atoms with van der Waals surface area (Å²) in [6, 6.07) is 3.00. The van der Waals surface area contributed by atoms with Crippen LogP contribution in [-0.2, 0) is 4.79 Å². The number of rotatable bonds is 2. The Labute approximate surface area is 107 Å².